The van der Waals surface area contributed by atoms with Gasteiger partial charge in [0.2, 0.25) is 0 Å². The third kappa shape index (κ3) is 1.81. The lowest BCUT2D eigenvalue weighted by Crippen LogP contribution is -2.28. The zero-order valence-electron chi connectivity index (χ0n) is 8.84. The Morgan fingerprint density at radius 2 is 1.94 bits per heavy atom. The van der Waals surface area contributed by atoms with Gasteiger partial charge in [-0.3, -0.25) is 0 Å². The largest absolute Gasteiger partial charge is 0.383 e. The fourth-order valence-electron chi connectivity index (χ4n) is 2.04. The van der Waals surface area contributed by atoms with E-state index in [1.165, 1.54) is 9.80 Å². The van der Waals surface area contributed by atoms with Gasteiger partial charge in [0, 0.05) is 15.7 Å². The van der Waals surface area contributed by atoms with Crippen molar-refractivity contribution in [3.63, 3.8) is 0 Å². The average molecular weight is 227 g/mol. The molecule has 16 heavy (non-hydrogen) atoms. The first-order valence-corrected chi connectivity index (χ1v) is 6.29. The monoisotopic (exact) mass is 227 g/mol. The maximum Gasteiger partial charge on any atom is 0.0668 e. The quantitative estimate of drug-likeness (QED) is 0.831. The molecule has 0 saturated carbocycles. The van der Waals surface area contributed by atoms with Crippen molar-refractivity contribution in [1.82, 2.24) is 5.32 Å². The molecule has 1 nitrogen and oxygen atoms in total. The van der Waals surface area contributed by atoms with Gasteiger partial charge < -0.3 is 5.32 Å². The van der Waals surface area contributed by atoms with Crippen LogP contribution in [-0.4, -0.2) is 6.04 Å². The van der Waals surface area contributed by atoms with Crippen molar-refractivity contribution in [2.24, 2.45) is 5.92 Å². The van der Waals surface area contributed by atoms with Gasteiger partial charge in [-0.1, -0.05) is 54.3 Å². The third-order valence-corrected chi connectivity index (χ3v) is 3.99. The molecule has 0 fully saturated rings. The summed E-state index contributed by atoms with van der Waals surface area (Å²) >= 11 is 1.85. The predicted octanol–water partition coefficient (Wildman–Crippen LogP) is 3.33. The van der Waals surface area contributed by atoms with Crippen molar-refractivity contribution < 1.29 is 0 Å². The van der Waals surface area contributed by atoms with Gasteiger partial charge in [-0.05, 0) is 18.3 Å². The molecule has 1 aliphatic heterocycles. The van der Waals surface area contributed by atoms with Crippen LogP contribution in [0.5, 0.6) is 0 Å². The first-order valence-electron chi connectivity index (χ1n) is 5.47. The summed E-state index contributed by atoms with van der Waals surface area (Å²) in [4.78, 5) is 2.69. The molecule has 0 radical (unpaired) electrons. The van der Waals surface area contributed by atoms with Crippen molar-refractivity contribution in [2.75, 3.05) is 0 Å². The molecule has 0 bridgehead atoms. The minimum atomic E-state index is 0.440. The summed E-state index contributed by atoms with van der Waals surface area (Å²) in [5.74, 6) is 0.524. The normalized spacial score (nSPS) is 26.1. The van der Waals surface area contributed by atoms with Crippen LogP contribution in [0.15, 0.2) is 70.6 Å². The Morgan fingerprint density at radius 1 is 1.06 bits per heavy atom. The van der Waals surface area contributed by atoms with Crippen LogP contribution in [0, 0.1) is 5.92 Å². The number of benzene rings is 1. The fourth-order valence-corrected chi connectivity index (χ4v) is 3.11. The second kappa shape index (κ2) is 4.22. The first kappa shape index (κ1) is 9.79. The van der Waals surface area contributed by atoms with Crippen molar-refractivity contribution >= 4 is 11.8 Å². The summed E-state index contributed by atoms with van der Waals surface area (Å²) in [6, 6.07) is 11.0. The van der Waals surface area contributed by atoms with Crippen molar-refractivity contribution in [3.05, 3.63) is 65.7 Å². The highest BCUT2D eigenvalue weighted by Crippen LogP contribution is 2.35. The van der Waals surface area contributed by atoms with E-state index in [1.807, 2.05) is 11.8 Å². The Kier molecular flexibility index (Phi) is 2.58. The fraction of sp³-hybridized carbons (Fsp3) is 0.143. The number of nitrogens with one attached hydrogen (secondary N) is 1. The third-order valence-electron chi connectivity index (χ3n) is 2.86. The molecule has 0 aromatic heterocycles. The van der Waals surface area contributed by atoms with Crippen LogP contribution >= 0.6 is 11.8 Å². The molecular weight excluding hydrogens is 214 g/mol. The topological polar surface area (TPSA) is 12.0 Å². The van der Waals surface area contributed by atoms with Gasteiger partial charge in [-0.2, -0.15) is 0 Å². The summed E-state index contributed by atoms with van der Waals surface area (Å²) in [7, 11) is 0. The summed E-state index contributed by atoms with van der Waals surface area (Å²) in [5, 5.41) is 3.41. The van der Waals surface area contributed by atoms with E-state index in [9.17, 15) is 0 Å². The molecule has 2 heteroatoms. The zero-order chi connectivity index (χ0) is 10.8. The highest BCUT2D eigenvalue weighted by molar-refractivity contribution is 8.03. The van der Waals surface area contributed by atoms with Crippen LogP contribution in [0.3, 0.4) is 0 Å². The highest BCUT2D eigenvalue weighted by Gasteiger charge is 2.26. The number of allylic oxidation sites excluding steroid dienone is 2. The maximum absolute atomic E-state index is 3.41. The van der Waals surface area contributed by atoms with E-state index in [1.54, 1.807) is 0 Å². The predicted molar refractivity (Wildman–Crippen MR) is 69.1 cm³/mol. The van der Waals surface area contributed by atoms with Gasteiger partial charge in [0.05, 0.1) is 6.04 Å². The Morgan fingerprint density at radius 3 is 2.81 bits per heavy atom. The molecule has 80 valence electrons. The molecule has 1 aliphatic carbocycles. The van der Waals surface area contributed by atoms with Gasteiger partial charge in [0.1, 0.15) is 0 Å². The van der Waals surface area contributed by atoms with Crippen LogP contribution < -0.4 is 5.32 Å². The summed E-state index contributed by atoms with van der Waals surface area (Å²) < 4.78 is 0. The SMILES string of the molecule is C1=CC2C=CNC2C(Sc2ccccc2)=C1. The molecule has 2 unspecified atom stereocenters. The zero-order valence-corrected chi connectivity index (χ0v) is 9.65. The minimum Gasteiger partial charge on any atom is -0.383 e. The molecule has 1 heterocycles. The lowest BCUT2D eigenvalue weighted by atomic mass is 9.98. The van der Waals surface area contributed by atoms with Crippen molar-refractivity contribution in [3.8, 4) is 0 Å². The molecule has 3 rings (SSSR count). The molecule has 2 atom stereocenters. The van der Waals surface area contributed by atoms with E-state index in [4.69, 9.17) is 0 Å². The Hall–Kier alpha value is -1.41. The number of hydrogen-bond acceptors (Lipinski definition) is 2. The van der Waals surface area contributed by atoms with Crippen LogP contribution in [-0.2, 0) is 0 Å². The summed E-state index contributed by atoms with van der Waals surface area (Å²) in [5.41, 5.74) is 0. The highest BCUT2D eigenvalue weighted by atomic mass is 32.2. The molecule has 0 saturated heterocycles. The minimum absolute atomic E-state index is 0.440. The van der Waals surface area contributed by atoms with E-state index in [-0.39, 0.29) is 0 Å². The van der Waals surface area contributed by atoms with E-state index in [0.29, 0.717) is 12.0 Å². The number of hydrogen-bond donors (Lipinski definition) is 1. The second-order valence-corrected chi connectivity index (χ2v) is 5.10. The molecule has 1 aromatic rings. The standard InChI is InChI=1S/C14H13NS/c1-2-6-12(7-3-1)16-13-8-4-5-11-9-10-15-14(11)13/h1-11,14-15H. The van der Waals surface area contributed by atoms with Gasteiger partial charge in [-0.25, -0.2) is 0 Å². The number of fused-ring (bicyclic) bond motifs is 1. The molecule has 2 aliphatic rings. The van der Waals surface area contributed by atoms with E-state index >= 15 is 0 Å². The lowest BCUT2D eigenvalue weighted by molar-refractivity contribution is 0.641. The maximum atomic E-state index is 3.41. The van der Waals surface area contributed by atoms with Crippen LogP contribution in [0.25, 0.3) is 0 Å². The van der Waals surface area contributed by atoms with Crippen molar-refractivity contribution in [1.29, 1.82) is 0 Å². The van der Waals surface area contributed by atoms with Gasteiger partial charge in [0.15, 0.2) is 0 Å². The van der Waals surface area contributed by atoms with E-state index in [2.05, 4.69) is 66.2 Å². The molecule has 1 aromatic carbocycles. The van der Waals surface area contributed by atoms with Gasteiger partial charge >= 0.3 is 0 Å². The van der Waals surface area contributed by atoms with Gasteiger partial charge in [0.25, 0.3) is 0 Å². The van der Waals surface area contributed by atoms with Crippen molar-refractivity contribution in [2.45, 2.75) is 10.9 Å². The smallest absolute Gasteiger partial charge is 0.0668 e. The second-order valence-electron chi connectivity index (χ2n) is 3.95. The first-order chi connectivity index (χ1) is 7.93. The molecular formula is C14H13NS. The average Bonchev–Trinajstić information content (AvgIpc) is 2.80. The Labute approximate surface area is 99.9 Å². The van der Waals surface area contributed by atoms with Crippen LogP contribution in [0.2, 0.25) is 0 Å². The molecule has 0 amide bonds. The summed E-state index contributed by atoms with van der Waals surface area (Å²) in [6.07, 6.45) is 10.9. The van der Waals surface area contributed by atoms with Gasteiger partial charge in [-0.15, -0.1) is 0 Å². The Bertz CT molecular complexity index is 459. The van der Waals surface area contributed by atoms with E-state index < -0.39 is 0 Å². The molecule has 1 N–H and O–H groups in total. The molecule has 0 spiro atoms. The van der Waals surface area contributed by atoms with E-state index in [0.717, 1.165) is 0 Å². The lowest BCUT2D eigenvalue weighted by Gasteiger charge is -2.23. The summed E-state index contributed by atoms with van der Waals surface area (Å²) in [6.45, 7) is 0. The number of thioether (sulfide) groups is 1. The number of rotatable bonds is 2. The van der Waals surface area contributed by atoms with Crippen LogP contribution in [0.1, 0.15) is 0 Å². The van der Waals surface area contributed by atoms with Crippen LogP contribution in [0.4, 0.5) is 0 Å². The Balaban J connectivity index is 1.81.